The highest BCUT2D eigenvalue weighted by atomic mass is 16.3. The monoisotopic (exact) mass is 547 g/mol. The first-order valence-corrected chi connectivity index (χ1v) is 14.5. The zero-order valence-corrected chi connectivity index (χ0v) is 24.0. The van der Waals surface area contributed by atoms with Crippen molar-refractivity contribution >= 4 is 66.9 Å². The first-order valence-electron chi connectivity index (χ1n) is 14.5. The standard InChI is InChI=1S/C37H29N3O2/c1-36(2)37(3,4)40-33-26(20-21-30-32(33)24-14-8-9-18-28(24)41-30)39(35(40)38-36)27-17-10-16-25-31-23(22-12-6-5-7-13-22)15-11-19-29(31)42-34(25)27/h5-21H,1-4H3. The van der Waals surface area contributed by atoms with Gasteiger partial charge in [0.05, 0.1) is 33.5 Å². The molecule has 0 saturated carbocycles. The Labute approximate surface area is 243 Å². The highest BCUT2D eigenvalue weighted by molar-refractivity contribution is 6.31. The second kappa shape index (κ2) is 7.83. The van der Waals surface area contributed by atoms with Gasteiger partial charge >= 0.3 is 0 Å². The second-order valence-corrected chi connectivity index (χ2v) is 12.4. The van der Waals surface area contributed by atoms with Gasteiger partial charge in [0.25, 0.3) is 0 Å². The summed E-state index contributed by atoms with van der Waals surface area (Å²) in [4.78, 5) is 10.1. The van der Waals surface area contributed by atoms with Crippen LogP contribution in [0.5, 0.6) is 0 Å². The van der Waals surface area contributed by atoms with E-state index in [2.05, 4.69) is 128 Å². The first-order chi connectivity index (χ1) is 20.3. The van der Waals surface area contributed by atoms with Crippen LogP contribution in [-0.2, 0) is 0 Å². The Morgan fingerprint density at radius 2 is 1.31 bits per heavy atom. The summed E-state index contributed by atoms with van der Waals surface area (Å²) in [5.41, 5.74) is 8.40. The molecule has 5 heteroatoms. The summed E-state index contributed by atoms with van der Waals surface area (Å²) in [7, 11) is 0. The molecule has 0 amide bonds. The number of hydrogen-bond acceptors (Lipinski definition) is 5. The van der Waals surface area contributed by atoms with Gasteiger partial charge in [0.2, 0.25) is 5.96 Å². The van der Waals surface area contributed by atoms with E-state index in [4.69, 9.17) is 13.8 Å². The van der Waals surface area contributed by atoms with Crippen LogP contribution in [0.1, 0.15) is 27.7 Å². The quantitative estimate of drug-likeness (QED) is 0.216. The molecular weight excluding hydrogens is 518 g/mol. The van der Waals surface area contributed by atoms with Gasteiger partial charge in [0.15, 0.2) is 5.58 Å². The number of hydrogen-bond donors (Lipinski definition) is 0. The lowest BCUT2D eigenvalue weighted by atomic mass is 9.83. The van der Waals surface area contributed by atoms with Crippen LogP contribution in [0.3, 0.4) is 0 Å². The molecule has 2 aliphatic heterocycles. The second-order valence-electron chi connectivity index (χ2n) is 12.4. The molecule has 5 aromatic carbocycles. The number of para-hydroxylation sites is 2. The fraction of sp³-hybridized carbons (Fsp3) is 0.162. The summed E-state index contributed by atoms with van der Waals surface area (Å²) in [6.45, 7) is 9.01. The van der Waals surface area contributed by atoms with Crippen molar-refractivity contribution < 1.29 is 8.83 Å². The lowest BCUT2D eigenvalue weighted by Gasteiger charge is -2.39. The van der Waals surface area contributed by atoms with E-state index in [-0.39, 0.29) is 11.1 Å². The summed E-state index contributed by atoms with van der Waals surface area (Å²) in [6, 6.07) is 35.9. The highest BCUT2D eigenvalue weighted by Gasteiger charge is 2.56. The molecule has 2 aromatic heterocycles. The molecule has 42 heavy (non-hydrogen) atoms. The topological polar surface area (TPSA) is 45.1 Å². The van der Waals surface area contributed by atoms with Gasteiger partial charge in [-0.3, -0.25) is 4.90 Å². The Balaban J connectivity index is 1.37. The summed E-state index contributed by atoms with van der Waals surface area (Å²) in [5, 5.41) is 4.45. The smallest absolute Gasteiger partial charge is 0.211 e. The number of anilines is 3. The molecule has 7 aromatic rings. The normalized spacial score (nSPS) is 17.0. The van der Waals surface area contributed by atoms with Crippen LogP contribution in [0.15, 0.2) is 117 Å². The molecule has 0 N–H and O–H groups in total. The maximum atomic E-state index is 6.73. The number of aliphatic imine (C=N–C) groups is 1. The minimum atomic E-state index is -0.331. The van der Waals surface area contributed by atoms with Gasteiger partial charge < -0.3 is 13.7 Å². The van der Waals surface area contributed by atoms with Crippen molar-refractivity contribution in [2.45, 2.75) is 38.8 Å². The van der Waals surface area contributed by atoms with Crippen LogP contribution in [-0.4, -0.2) is 17.0 Å². The van der Waals surface area contributed by atoms with Crippen molar-refractivity contribution in [1.82, 2.24) is 0 Å². The van der Waals surface area contributed by atoms with Crippen molar-refractivity contribution in [2.24, 2.45) is 4.99 Å². The number of fused-ring (bicyclic) bond motifs is 10. The Morgan fingerprint density at radius 3 is 2.17 bits per heavy atom. The van der Waals surface area contributed by atoms with E-state index in [0.29, 0.717) is 0 Å². The first kappa shape index (κ1) is 23.7. The molecule has 0 atom stereocenters. The SMILES string of the molecule is CC1(C)N=C2N(c3cccc4c3oc3cccc(-c5ccccc5)c34)c3ccc4oc5ccccc5c4c3N2C1(C)C. The van der Waals surface area contributed by atoms with Crippen LogP contribution in [0.25, 0.3) is 55.0 Å². The summed E-state index contributed by atoms with van der Waals surface area (Å²) in [5.74, 6) is 0.911. The number of furan rings is 2. The van der Waals surface area contributed by atoms with Gasteiger partial charge in [-0.25, -0.2) is 4.99 Å². The van der Waals surface area contributed by atoms with Crippen LogP contribution in [0.4, 0.5) is 17.1 Å². The molecule has 204 valence electrons. The van der Waals surface area contributed by atoms with Gasteiger partial charge in [-0.2, -0.15) is 0 Å². The molecule has 5 nitrogen and oxygen atoms in total. The lowest BCUT2D eigenvalue weighted by molar-refractivity contribution is 0.339. The van der Waals surface area contributed by atoms with Gasteiger partial charge in [-0.15, -0.1) is 0 Å². The third-order valence-electron chi connectivity index (χ3n) is 9.62. The van der Waals surface area contributed by atoms with Crippen LogP contribution in [0.2, 0.25) is 0 Å². The molecule has 9 rings (SSSR count). The molecule has 0 aliphatic carbocycles. The molecule has 0 radical (unpaired) electrons. The zero-order chi connectivity index (χ0) is 28.4. The molecule has 0 fully saturated rings. The molecule has 0 bridgehead atoms. The van der Waals surface area contributed by atoms with Crippen LogP contribution < -0.4 is 9.80 Å². The number of guanidine groups is 1. The van der Waals surface area contributed by atoms with Crippen molar-refractivity contribution in [2.75, 3.05) is 9.80 Å². The molecule has 0 spiro atoms. The van der Waals surface area contributed by atoms with E-state index in [1.54, 1.807) is 0 Å². The third-order valence-corrected chi connectivity index (χ3v) is 9.62. The van der Waals surface area contributed by atoms with Gasteiger partial charge in [0, 0.05) is 16.2 Å². The van der Waals surface area contributed by atoms with Crippen molar-refractivity contribution in [3.05, 3.63) is 103 Å². The fourth-order valence-electron chi connectivity index (χ4n) is 6.90. The average molecular weight is 548 g/mol. The molecule has 2 aliphatic rings. The molecule has 0 saturated heterocycles. The summed E-state index contributed by atoms with van der Waals surface area (Å²) in [6.07, 6.45) is 0. The van der Waals surface area contributed by atoms with E-state index in [1.807, 2.05) is 12.1 Å². The predicted octanol–water partition coefficient (Wildman–Crippen LogP) is 10.0. The minimum Gasteiger partial charge on any atom is -0.456 e. The maximum Gasteiger partial charge on any atom is 0.211 e. The summed E-state index contributed by atoms with van der Waals surface area (Å²) >= 11 is 0. The van der Waals surface area contributed by atoms with Crippen molar-refractivity contribution in [1.29, 1.82) is 0 Å². The van der Waals surface area contributed by atoms with E-state index in [9.17, 15) is 0 Å². The average Bonchev–Trinajstić information content (AvgIpc) is 3.70. The van der Waals surface area contributed by atoms with E-state index in [1.165, 1.54) is 11.1 Å². The van der Waals surface area contributed by atoms with Gasteiger partial charge in [0.1, 0.15) is 16.7 Å². The van der Waals surface area contributed by atoms with Crippen LogP contribution >= 0.6 is 0 Å². The van der Waals surface area contributed by atoms with E-state index in [0.717, 1.165) is 66.9 Å². The Bertz CT molecular complexity index is 2270. The zero-order valence-electron chi connectivity index (χ0n) is 24.0. The Kier molecular flexibility index (Phi) is 4.41. The van der Waals surface area contributed by atoms with E-state index >= 15 is 0 Å². The predicted molar refractivity (Wildman–Crippen MR) is 173 cm³/mol. The van der Waals surface area contributed by atoms with Gasteiger partial charge in [-0.05, 0) is 69.2 Å². The number of benzene rings is 5. The summed E-state index contributed by atoms with van der Waals surface area (Å²) < 4.78 is 13.1. The van der Waals surface area contributed by atoms with Crippen LogP contribution in [0, 0.1) is 0 Å². The number of nitrogens with zero attached hydrogens (tertiary/aromatic N) is 3. The van der Waals surface area contributed by atoms with Gasteiger partial charge in [-0.1, -0.05) is 72.8 Å². The minimum absolute atomic E-state index is 0.291. The molecular formula is C37H29N3O2. The number of rotatable bonds is 2. The van der Waals surface area contributed by atoms with Crippen molar-refractivity contribution in [3.63, 3.8) is 0 Å². The van der Waals surface area contributed by atoms with E-state index < -0.39 is 0 Å². The Morgan fingerprint density at radius 1 is 0.595 bits per heavy atom. The maximum absolute atomic E-state index is 6.73. The highest BCUT2D eigenvalue weighted by Crippen LogP contribution is 2.57. The largest absolute Gasteiger partial charge is 0.456 e. The Hall–Kier alpha value is -5.03. The lowest BCUT2D eigenvalue weighted by Crippen LogP contribution is -2.53. The molecule has 4 heterocycles. The van der Waals surface area contributed by atoms with Crippen molar-refractivity contribution in [3.8, 4) is 11.1 Å². The molecule has 0 unspecified atom stereocenters. The third kappa shape index (κ3) is 2.85. The fourth-order valence-corrected chi connectivity index (χ4v) is 6.90.